The summed E-state index contributed by atoms with van der Waals surface area (Å²) in [5, 5.41) is 18.2. The van der Waals surface area contributed by atoms with Gasteiger partial charge in [0.15, 0.2) is 0 Å². The average molecular weight is 974 g/mol. The van der Waals surface area contributed by atoms with E-state index in [9.17, 15) is 24.0 Å². The molecule has 1 aliphatic heterocycles. The van der Waals surface area contributed by atoms with Crippen molar-refractivity contribution in [2.24, 2.45) is 7.05 Å². The number of unbranched alkanes of at least 4 members (excludes halogenated alkanes) is 3. The Balaban J connectivity index is 1.02. The summed E-state index contributed by atoms with van der Waals surface area (Å²) in [4.78, 5) is 64.3. The Morgan fingerprint density at radius 1 is 0.735 bits per heavy atom. The average Bonchev–Trinajstić information content (AvgIpc) is 3.90. The molecule has 68 heavy (non-hydrogen) atoms. The highest BCUT2D eigenvalue weighted by atomic mass is 35.5. The van der Waals surface area contributed by atoms with Gasteiger partial charge in [0.1, 0.15) is 18.9 Å². The SMILES string of the molecule is COC(=O)CNC(=O)CNC(=O)Cn1nc(C2CCN(C(=O)CCC(=O)NCCOCCOCCOCCOCCOCCCCCCCl)CC2)c2c(-c3cc4c(cnn4C)cc3F)cccc21. The minimum absolute atomic E-state index is 0.0382. The lowest BCUT2D eigenvalue weighted by molar-refractivity contribution is -0.141. The minimum atomic E-state index is -0.626. The van der Waals surface area contributed by atoms with Crippen molar-refractivity contribution in [3.63, 3.8) is 0 Å². The van der Waals surface area contributed by atoms with Crippen molar-refractivity contribution in [3.8, 4) is 11.1 Å². The summed E-state index contributed by atoms with van der Waals surface area (Å²) in [5.41, 5.74) is 2.92. The first-order valence-corrected chi connectivity index (χ1v) is 23.8. The Morgan fingerprint density at radius 2 is 1.38 bits per heavy atom. The number of hydrogen-bond donors (Lipinski definition) is 3. The van der Waals surface area contributed by atoms with Gasteiger partial charge in [-0.15, -0.1) is 11.6 Å². The number of amides is 4. The number of aromatic nitrogens is 4. The number of nitrogens with zero attached hydrogens (tertiary/aromatic N) is 5. The van der Waals surface area contributed by atoms with Crippen LogP contribution in [-0.2, 0) is 66.0 Å². The zero-order valence-corrected chi connectivity index (χ0v) is 40.0. The van der Waals surface area contributed by atoms with Crippen molar-refractivity contribution in [1.82, 2.24) is 40.4 Å². The quantitative estimate of drug-likeness (QED) is 0.0363. The van der Waals surface area contributed by atoms with Crippen LogP contribution in [0.25, 0.3) is 32.9 Å². The molecule has 1 saturated heterocycles. The predicted octanol–water partition coefficient (Wildman–Crippen LogP) is 3.62. The van der Waals surface area contributed by atoms with Crippen molar-refractivity contribution in [3.05, 3.63) is 48.0 Å². The van der Waals surface area contributed by atoms with Crippen molar-refractivity contribution >= 4 is 63.0 Å². The number of alkyl halides is 1. The van der Waals surface area contributed by atoms with E-state index in [0.717, 1.165) is 37.8 Å². The molecule has 0 aliphatic carbocycles. The maximum absolute atomic E-state index is 15.9. The number of esters is 1. The molecule has 1 aliphatic rings. The zero-order valence-electron chi connectivity index (χ0n) is 39.2. The standard InChI is InChI=1S/C47H66ClFN8O11/c1-55-40-29-37(38(49)28-35(40)30-53-55)36-8-7-9-39-46(36)47(54-57(39)33-43(60)51-31-42(59)52-32-45(62)63-2)34-12-16-56(17-13-34)44(61)11-10-41(58)50-15-19-65-21-23-67-25-27-68-26-24-66-22-20-64-18-6-4-3-5-14-48/h7-9,28-30,34H,3-6,10-27,31-33H2,1-2H3,(H,50,58)(H,51,60)(H,52,59). The van der Waals surface area contributed by atoms with Gasteiger partial charge in [0.2, 0.25) is 23.6 Å². The van der Waals surface area contributed by atoms with Crippen LogP contribution in [0, 0.1) is 5.82 Å². The summed E-state index contributed by atoms with van der Waals surface area (Å²) in [6.45, 7) is 4.95. The number of fused-ring (bicyclic) bond motifs is 2. The zero-order chi connectivity index (χ0) is 48.5. The number of ether oxygens (including phenoxy) is 6. The third kappa shape index (κ3) is 17.4. The fourth-order valence-electron chi connectivity index (χ4n) is 7.71. The van der Waals surface area contributed by atoms with E-state index in [-0.39, 0.29) is 50.2 Å². The largest absolute Gasteiger partial charge is 0.468 e. The Hall–Kier alpha value is -5.25. The van der Waals surface area contributed by atoms with Gasteiger partial charge in [-0.2, -0.15) is 10.2 Å². The van der Waals surface area contributed by atoms with Gasteiger partial charge in [-0.1, -0.05) is 25.0 Å². The molecule has 2 aromatic carbocycles. The normalized spacial score (nSPS) is 13.0. The fourth-order valence-corrected chi connectivity index (χ4v) is 7.90. The number of methoxy groups -OCH3 is 1. The number of halogens is 2. The van der Waals surface area contributed by atoms with Gasteiger partial charge < -0.3 is 49.3 Å². The molecule has 4 amide bonds. The van der Waals surface area contributed by atoms with Gasteiger partial charge in [0, 0.05) is 74.3 Å². The Morgan fingerprint density at radius 3 is 2.06 bits per heavy atom. The molecule has 4 aromatic rings. The molecule has 3 heterocycles. The molecule has 0 atom stereocenters. The van der Waals surface area contributed by atoms with Crippen LogP contribution < -0.4 is 16.0 Å². The second kappa shape index (κ2) is 29.6. The van der Waals surface area contributed by atoms with Crippen LogP contribution in [0.3, 0.4) is 0 Å². The van der Waals surface area contributed by atoms with Gasteiger partial charge >= 0.3 is 5.97 Å². The first kappa shape index (κ1) is 53.7. The van der Waals surface area contributed by atoms with Crippen LogP contribution in [-0.4, -0.2) is 166 Å². The number of benzene rings is 2. The monoisotopic (exact) mass is 972 g/mol. The molecule has 5 rings (SSSR count). The summed E-state index contributed by atoms with van der Waals surface area (Å²) in [6.07, 6.45) is 7.14. The van der Waals surface area contributed by atoms with Gasteiger partial charge in [0.05, 0.1) is 96.0 Å². The number of carbonyl (C=O) groups is 5. The summed E-state index contributed by atoms with van der Waals surface area (Å²) in [6, 6.07) is 8.59. The molecule has 2 aromatic heterocycles. The minimum Gasteiger partial charge on any atom is -0.468 e. The highest BCUT2D eigenvalue weighted by Gasteiger charge is 2.30. The van der Waals surface area contributed by atoms with Crippen molar-refractivity contribution in [2.75, 3.05) is 112 Å². The van der Waals surface area contributed by atoms with E-state index in [1.54, 1.807) is 41.0 Å². The van der Waals surface area contributed by atoms with Crippen molar-refractivity contribution in [1.29, 1.82) is 0 Å². The summed E-state index contributed by atoms with van der Waals surface area (Å²) in [5.74, 6) is -1.95. The number of hydrogen-bond acceptors (Lipinski definition) is 13. The molecule has 0 saturated carbocycles. The lowest BCUT2D eigenvalue weighted by Crippen LogP contribution is -2.40. The number of rotatable bonds is 32. The maximum Gasteiger partial charge on any atom is 0.325 e. The molecule has 374 valence electrons. The van der Waals surface area contributed by atoms with Crippen LogP contribution >= 0.6 is 11.6 Å². The van der Waals surface area contributed by atoms with Crippen LogP contribution in [0.4, 0.5) is 4.39 Å². The number of nitrogens with one attached hydrogen (secondary N) is 3. The molecule has 0 bridgehead atoms. The number of likely N-dealkylation sites (tertiary alicyclic amines) is 1. The fraction of sp³-hybridized carbons (Fsp3) is 0.596. The van der Waals surface area contributed by atoms with E-state index >= 15 is 4.39 Å². The number of aryl methyl sites for hydroxylation is 1. The molecule has 19 nitrogen and oxygen atoms in total. The predicted molar refractivity (Wildman–Crippen MR) is 252 cm³/mol. The first-order valence-electron chi connectivity index (χ1n) is 23.3. The van der Waals surface area contributed by atoms with E-state index in [2.05, 4.69) is 25.8 Å². The molecule has 1 fully saturated rings. The Bertz CT molecular complexity index is 2230. The van der Waals surface area contributed by atoms with Gasteiger partial charge in [0.25, 0.3) is 0 Å². The lowest BCUT2D eigenvalue weighted by Gasteiger charge is -2.31. The third-order valence-electron chi connectivity index (χ3n) is 11.4. The summed E-state index contributed by atoms with van der Waals surface area (Å²) < 4.78 is 51.2. The van der Waals surface area contributed by atoms with Crippen LogP contribution in [0.5, 0.6) is 0 Å². The Kier molecular flexibility index (Phi) is 23.4. The van der Waals surface area contributed by atoms with Crippen molar-refractivity contribution in [2.45, 2.75) is 63.8 Å². The van der Waals surface area contributed by atoms with E-state index < -0.39 is 23.6 Å². The third-order valence-corrected chi connectivity index (χ3v) is 11.6. The van der Waals surface area contributed by atoms with E-state index in [0.29, 0.717) is 131 Å². The molecule has 0 radical (unpaired) electrons. The van der Waals surface area contributed by atoms with Crippen LogP contribution in [0.15, 0.2) is 36.5 Å². The molecule has 3 N–H and O–H groups in total. The highest BCUT2D eigenvalue weighted by molar-refractivity contribution is 6.17. The second-order valence-corrected chi connectivity index (χ2v) is 16.6. The molecule has 21 heteroatoms. The smallest absolute Gasteiger partial charge is 0.325 e. The number of piperidine rings is 1. The summed E-state index contributed by atoms with van der Waals surface area (Å²) >= 11 is 5.68. The topological polar surface area (TPSA) is 216 Å². The Labute approximate surface area is 400 Å². The molecule has 0 unspecified atom stereocenters. The van der Waals surface area contributed by atoms with E-state index in [1.165, 1.54) is 17.9 Å². The number of carbonyl (C=O) groups excluding carboxylic acids is 5. The van der Waals surface area contributed by atoms with Gasteiger partial charge in [-0.05, 0) is 49.4 Å². The summed E-state index contributed by atoms with van der Waals surface area (Å²) in [7, 11) is 2.98. The van der Waals surface area contributed by atoms with E-state index in [4.69, 9.17) is 40.4 Å². The van der Waals surface area contributed by atoms with Crippen LogP contribution in [0.1, 0.15) is 63.0 Å². The lowest BCUT2D eigenvalue weighted by atomic mass is 9.88. The molecular weight excluding hydrogens is 907 g/mol. The van der Waals surface area contributed by atoms with Crippen LogP contribution in [0.2, 0.25) is 0 Å². The first-order chi connectivity index (χ1) is 33.1. The maximum atomic E-state index is 15.9. The second-order valence-electron chi connectivity index (χ2n) is 16.2. The molecular formula is C47H66ClFN8O11. The van der Waals surface area contributed by atoms with Gasteiger partial charge in [-0.25, -0.2) is 4.39 Å². The van der Waals surface area contributed by atoms with Crippen molar-refractivity contribution < 1.29 is 56.8 Å². The highest BCUT2D eigenvalue weighted by Crippen LogP contribution is 2.40. The van der Waals surface area contributed by atoms with E-state index in [1.807, 2.05) is 6.07 Å². The van der Waals surface area contributed by atoms with Gasteiger partial charge in [-0.3, -0.25) is 33.3 Å². The molecule has 0 spiro atoms.